The third-order valence-electron chi connectivity index (χ3n) is 2.86. The quantitative estimate of drug-likeness (QED) is 0.857. The van der Waals surface area contributed by atoms with E-state index in [0.717, 1.165) is 24.2 Å². The lowest BCUT2D eigenvalue weighted by Gasteiger charge is -2.15. The molecule has 0 aliphatic carbocycles. The van der Waals surface area contributed by atoms with Crippen LogP contribution in [0.2, 0.25) is 0 Å². The van der Waals surface area contributed by atoms with E-state index in [-0.39, 0.29) is 0 Å². The van der Waals surface area contributed by atoms with Crippen LogP contribution in [-0.4, -0.2) is 11.7 Å². The first kappa shape index (κ1) is 13.1. The Balaban J connectivity index is 2.01. The second-order valence-electron chi connectivity index (χ2n) is 4.16. The maximum atomic E-state index is 10.3. The van der Waals surface area contributed by atoms with Crippen LogP contribution in [0.5, 0.6) is 5.75 Å². The Morgan fingerprint density at radius 1 is 1.28 bits per heavy atom. The minimum absolute atomic E-state index is 0.465. The molecule has 0 saturated carbocycles. The van der Waals surface area contributed by atoms with Gasteiger partial charge in [0.25, 0.3) is 0 Å². The summed E-state index contributed by atoms with van der Waals surface area (Å²) in [6, 6.07) is 9.81. The van der Waals surface area contributed by atoms with Crippen molar-refractivity contribution >= 4 is 11.3 Å². The number of hydrogen-bond donors (Lipinski definition) is 1. The minimum Gasteiger partial charge on any atom is -0.493 e. The number of hydrogen-bond acceptors (Lipinski definition) is 3. The summed E-state index contributed by atoms with van der Waals surface area (Å²) < 4.78 is 5.54. The monoisotopic (exact) mass is 262 g/mol. The highest BCUT2D eigenvalue weighted by molar-refractivity contribution is 7.07. The summed E-state index contributed by atoms with van der Waals surface area (Å²) in [5, 5.41) is 14.4. The topological polar surface area (TPSA) is 29.5 Å². The Hall–Kier alpha value is -1.32. The third-order valence-corrected chi connectivity index (χ3v) is 3.60. The predicted octanol–water partition coefficient (Wildman–Crippen LogP) is 3.81. The van der Waals surface area contributed by atoms with E-state index >= 15 is 0 Å². The zero-order valence-corrected chi connectivity index (χ0v) is 11.3. The summed E-state index contributed by atoms with van der Waals surface area (Å²) in [5.41, 5.74) is 2.17. The van der Waals surface area contributed by atoms with Gasteiger partial charge in [-0.25, -0.2) is 0 Å². The van der Waals surface area contributed by atoms with Gasteiger partial charge in [-0.05, 0) is 48.2 Å². The molecule has 0 amide bonds. The molecule has 1 aromatic heterocycles. The van der Waals surface area contributed by atoms with E-state index in [4.69, 9.17) is 4.74 Å². The fraction of sp³-hybridized carbons (Fsp3) is 0.333. The highest BCUT2D eigenvalue weighted by Gasteiger charge is 2.12. The SMILES string of the molecule is CCOc1ccccc1C(O)CCc1ccsc1. The molecule has 0 aliphatic heterocycles. The average Bonchev–Trinajstić information content (AvgIpc) is 2.90. The highest BCUT2D eigenvalue weighted by atomic mass is 32.1. The fourth-order valence-electron chi connectivity index (χ4n) is 1.94. The van der Waals surface area contributed by atoms with Crippen molar-refractivity contribution in [2.24, 2.45) is 0 Å². The van der Waals surface area contributed by atoms with Crippen molar-refractivity contribution in [3.63, 3.8) is 0 Å². The van der Waals surface area contributed by atoms with E-state index < -0.39 is 6.10 Å². The van der Waals surface area contributed by atoms with Crippen LogP contribution < -0.4 is 4.74 Å². The van der Waals surface area contributed by atoms with E-state index in [1.807, 2.05) is 31.2 Å². The zero-order valence-electron chi connectivity index (χ0n) is 10.5. The Bertz CT molecular complexity index is 465. The molecule has 96 valence electrons. The number of ether oxygens (including phenoxy) is 1. The van der Waals surface area contributed by atoms with E-state index in [0.29, 0.717) is 6.61 Å². The summed E-state index contributed by atoms with van der Waals surface area (Å²) >= 11 is 1.69. The molecule has 18 heavy (non-hydrogen) atoms. The van der Waals surface area contributed by atoms with E-state index in [2.05, 4.69) is 16.8 Å². The van der Waals surface area contributed by atoms with Gasteiger partial charge in [0.2, 0.25) is 0 Å². The number of thiophene rings is 1. The van der Waals surface area contributed by atoms with Crippen LogP contribution in [0.1, 0.15) is 30.6 Å². The third kappa shape index (κ3) is 3.34. The zero-order chi connectivity index (χ0) is 12.8. The van der Waals surface area contributed by atoms with Crippen LogP contribution in [0, 0.1) is 0 Å². The average molecular weight is 262 g/mol. The molecular formula is C15H18O2S. The molecule has 1 heterocycles. The van der Waals surface area contributed by atoms with Crippen molar-refractivity contribution in [1.29, 1.82) is 0 Å². The molecule has 2 aromatic rings. The van der Waals surface area contributed by atoms with Gasteiger partial charge in [0.15, 0.2) is 0 Å². The molecule has 2 nitrogen and oxygen atoms in total. The Morgan fingerprint density at radius 3 is 2.83 bits per heavy atom. The highest BCUT2D eigenvalue weighted by Crippen LogP contribution is 2.28. The molecule has 1 aromatic carbocycles. The number of aliphatic hydroxyl groups excluding tert-OH is 1. The van der Waals surface area contributed by atoms with Gasteiger partial charge in [-0.15, -0.1) is 0 Å². The summed E-state index contributed by atoms with van der Waals surface area (Å²) in [5.74, 6) is 0.790. The number of para-hydroxylation sites is 1. The largest absolute Gasteiger partial charge is 0.493 e. The smallest absolute Gasteiger partial charge is 0.125 e. The van der Waals surface area contributed by atoms with E-state index in [9.17, 15) is 5.11 Å². The molecule has 0 fully saturated rings. The molecule has 0 radical (unpaired) electrons. The van der Waals surface area contributed by atoms with Crippen LogP contribution in [-0.2, 0) is 6.42 Å². The molecule has 0 bridgehead atoms. The van der Waals surface area contributed by atoms with E-state index in [1.54, 1.807) is 11.3 Å². The van der Waals surface area contributed by atoms with Gasteiger partial charge in [-0.1, -0.05) is 18.2 Å². The van der Waals surface area contributed by atoms with Crippen molar-refractivity contribution in [2.45, 2.75) is 25.9 Å². The first-order chi connectivity index (χ1) is 8.81. The summed E-state index contributed by atoms with van der Waals surface area (Å²) in [6.07, 6.45) is 1.15. The van der Waals surface area contributed by atoms with Crippen LogP contribution in [0.15, 0.2) is 41.1 Å². The molecule has 2 rings (SSSR count). The number of aryl methyl sites for hydroxylation is 1. The first-order valence-electron chi connectivity index (χ1n) is 6.22. The molecule has 0 saturated heterocycles. The second kappa shape index (κ2) is 6.57. The van der Waals surface area contributed by atoms with Crippen LogP contribution in [0.25, 0.3) is 0 Å². The Kier molecular flexibility index (Phi) is 4.79. The van der Waals surface area contributed by atoms with Crippen molar-refractivity contribution in [2.75, 3.05) is 6.61 Å². The summed E-state index contributed by atoms with van der Waals surface area (Å²) in [4.78, 5) is 0. The van der Waals surface area contributed by atoms with E-state index in [1.165, 1.54) is 5.56 Å². The minimum atomic E-state index is -0.465. The number of benzene rings is 1. The van der Waals surface area contributed by atoms with Gasteiger partial charge < -0.3 is 9.84 Å². The second-order valence-corrected chi connectivity index (χ2v) is 4.94. The molecular weight excluding hydrogens is 244 g/mol. The first-order valence-corrected chi connectivity index (χ1v) is 7.16. The maximum absolute atomic E-state index is 10.3. The number of rotatable bonds is 6. The van der Waals surface area contributed by atoms with Gasteiger partial charge >= 0.3 is 0 Å². The van der Waals surface area contributed by atoms with Gasteiger partial charge in [-0.2, -0.15) is 11.3 Å². The molecule has 0 aliphatic rings. The lowest BCUT2D eigenvalue weighted by Crippen LogP contribution is -2.03. The maximum Gasteiger partial charge on any atom is 0.125 e. The molecule has 1 N–H and O–H groups in total. The molecule has 1 unspecified atom stereocenters. The number of aliphatic hydroxyl groups is 1. The summed E-state index contributed by atoms with van der Waals surface area (Å²) in [7, 11) is 0. The lowest BCUT2D eigenvalue weighted by molar-refractivity contribution is 0.162. The Labute approximate surface area is 112 Å². The van der Waals surface area contributed by atoms with Crippen LogP contribution >= 0.6 is 11.3 Å². The predicted molar refractivity (Wildman–Crippen MR) is 75.2 cm³/mol. The summed E-state index contributed by atoms with van der Waals surface area (Å²) in [6.45, 7) is 2.57. The fourth-order valence-corrected chi connectivity index (χ4v) is 2.64. The molecule has 3 heteroatoms. The lowest BCUT2D eigenvalue weighted by atomic mass is 10.0. The normalized spacial score (nSPS) is 12.3. The van der Waals surface area contributed by atoms with Gasteiger partial charge in [0.05, 0.1) is 12.7 Å². The molecule has 1 atom stereocenters. The van der Waals surface area contributed by atoms with Gasteiger partial charge in [0, 0.05) is 5.56 Å². The van der Waals surface area contributed by atoms with Crippen molar-refractivity contribution < 1.29 is 9.84 Å². The molecule has 0 spiro atoms. The van der Waals surface area contributed by atoms with Gasteiger partial charge in [-0.3, -0.25) is 0 Å². The van der Waals surface area contributed by atoms with Crippen molar-refractivity contribution in [1.82, 2.24) is 0 Å². The van der Waals surface area contributed by atoms with Crippen LogP contribution in [0.4, 0.5) is 0 Å². The van der Waals surface area contributed by atoms with Crippen molar-refractivity contribution in [3.05, 3.63) is 52.2 Å². The van der Waals surface area contributed by atoms with Gasteiger partial charge in [0.1, 0.15) is 5.75 Å². The standard InChI is InChI=1S/C15H18O2S/c1-2-17-15-6-4-3-5-13(15)14(16)8-7-12-9-10-18-11-12/h3-6,9-11,14,16H,2,7-8H2,1H3. The van der Waals surface area contributed by atoms with Crippen molar-refractivity contribution in [3.8, 4) is 5.75 Å². The Morgan fingerprint density at radius 2 is 2.11 bits per heavy atom. The van der Waals surface area contributed by atoms with Crippen LogP contribution in [0.3, 0.4) is 0 Å².